The van der Waals surface area contributed by atoms with Gasteiger partial charge >= 0.3 is 0 Å². The minimum atomic E-state index is 0.254. The largest absolute Gasteiger partial charge is 0.378 e. The number of aromatic nitrogens is 2. The van der Waals surface area contributed by atoms with Gasteiger partial charge < -0.3 is 9.30 Å². The Hall–Kier alpha value is -1.16. The van der Waals surface area contributed by atoms with Crippen LogP contribution in [0.5, 0.6) is 0 Å². The van der Waals surface area contributed by atoms with Crippen molar-refractivity contribution in [2.24, 2.45) is 7.05 Å². The Balaban J connectivity index is 1.74. The van der Waals surface area contributed by atoms with Gasteiger partial charge in [0.15, 0.2) is 0 Å². The van der Waals surface area contributed by atoms with Crippen molar-refractivity contribution in [1.29, 1.82) is 0 Å². The Labute approximate surface area is 95.6 Å². The van der Waals surface area contributed by atoms with E-state index in [9.17, 15) is 4.79 Å². The maximum Gasteiger partial charge on any atom is 0.140 e. The molecule has 1 aliphatic heterocycles. The van der Waals surface area contributed by atoms with Gasteiger partial charge in [0.05, 0.1) is 12.5 Å². The van der Waals surface area contributed by atoms with Crippen molar-refractivity contribution in [1.82, 2.24) is 9.55 Å². The third-order valence-electron chi connectivity index (χ3n) is 3.05. The second-order valence-electron chi connectivity index (χ2n) is 4.34. The van der Waals surface area contributed by atoms with Crippen LogP contribution in [0.2, 0.25) is 0 Å². The van der Waals surface area contributed by atoms with Gasteiger partial charge in [-0.25, -0.2) is 4.98 Å². The third kappa shape index (κ3) is 2.92. The SMILES string of the molecule is Cn1ccnc1CC(=O)CCC1CCCO1. The summed E-state index contributed by atoms with van der Waals surface area (Å²) in [5.74, 6) is 1.10. The van der Waals surface area contributed by atoms with Gasteiger partial charge in [-0.1, -0.05) is 0 Å². The minimum absolute atomic E-state index is 0.254. The predicted molar refractivity (Wildman–Crippen MR) is 60.1 cm³/mol. The number of carbonyl (C=O) groups is 1. The highest BCUT2D eigenvalue weighted by atomic mass is 16.5. The second kappa shape index (κ2) is 5.25. The molecular formula is C12H18N2O2. The molecule has 0 aliphatic carbocycles. The van der Waals surface area contributed by atoms with E-state index in [0.29, 0.717) is 18.9 Å². The van der Waals surface area contributed by atoms with Crippen LogP contribution in [0.15, 0.2) is 12.4 Å². The number of hydrogen-bond donors (Lipinski definition) is 0. The van der Waals surface area contributed by atoms with Gasteiger partial charge in [0.2, 0.25) is 0 Å². The number of carbonyl (C=O) groups excluding carboxylic acids is 1. The van der Waals surface area contributed by atoms with Gasteiger partial charge in [0.25, 0.3) is 0 Å². The summed E-state index contributed by atoms with van der Waals surface area (Å²) in [5, 5.41) is 0. The number of ketones is 1. The van der Waals surface area contributed by atoms with Crippen LogP contribution in [-0.2, 0) is 23.0 Å². The Morgan fingerprint density at radius 2 is 2.56 bits per heavy atom. The molecule has 1 aromatic rings. The highest BCUT2D eigenvalue weighted by molar-refractivity contribution is 5.80. The van der Waals surface area contributed by atoms with E-state index in [1.54, 1.807) is 6.20 Å². The van der Waals surface area contributed by atoms with Gasteiger partial charge in [-0.15, -0.1) is 0 Å². The molecular weight excluding hydrogens is 204 g/mol. The van der Waals surface area contributed by atoms with Crippen LogP contribution in [0.3, 0.4) is 0 Å². The van der Waals surface area contributed by atoms with Crippen molar-refractivity contribution in [3.63, 3.8) is 0 Å². The lowest BCUT2D eigenvalue weighted by atomic mass is 10.1. The molecule has 4 nitrogen and oxygen atoms in total. The van der Waals surface area contributed by atoms with Gasteiger partial charge in [0, 0.05) is 32.5 Å². The molecule has 1 saturated heterocycles. The van der Waals surface area contributed by atoms with Crippen LogP contribution in [0, 0.1) is 0 Å². The van der Waals surface area contributed by atoms with Crippen LogP contribution in [0.1, 0.15) is 31.5 Å². The fourth-order valence-electron chi connectivity index (χ4n) is 2.03. The Bertz CT molecular complexity index is 354. The molecule has 0 aromatic carbocycles. The predicted octanol–water partition coefficient (Wildman–Crippen LogP) is 1.49. The van der Waals surface area contributed by atoms with Gasteiger partial charge in [0.1, 0.15) is 11.6 Å². The zero-order chi connectivity index (χ0) is 11.4. The van der Waals surface area contributed by atoms with E-state index in [-0.39, 0.29) is 5.78 Å². The number of rotatable bonds is 5. The molecule has 1 unspecified atom stereocenters. The van der Waals surface area contributed by atoms with Crippen LogP contribution >= 0.6 is 0 Å². The van der Waals surface area contributed by atoms with E-state index < -0.39 is 0 Å². The number of ether oxygens (including phenoxy) is 1. The molecule has 88 valence electrons. The molecule has 1 fully saturated rings. The zero-order valence-electron chi connectivity index (χ0n) is 9.69. The van der Waals surface area contributed by atoms with Crippen molar-refractivity contribution in [2.75, 3.05) is 6.61 Å². The zero-order valence-corrected chi connectivity index (χ0v) is 9.69. The highest BCUT2D eigenvalue weighted by Crippen LogP contribution is 2.17. The summed E-state index contributed by atoms with van der Waals surface area (Å²) < 4.78 is 7.38. The average Bonchev–Trinajstić information content (AvgIpc) is 2.88. The number of hydrogen-bond acceptors (Lipinski definition) is 3. The van der Waals surface area contributed by atoms with Gasteiger partial charge in [-0.2, -0.15) is 0 Å². The summed E-state index contributed by atoms with van der Waals surface area (Å²) >= 11 is 0. The molecule has 16 heavy (non-hydrogen) atoms. The Morgan fingerprint density at radius 3 is 3.19 bits per heavy atom. The quantitative estimate of drug-likeness (QED) is 0.758. The minimum Gasteiger partial charge on any atom is -0.378 e. The highest BCUT2D eigenvalue weighted by Gasteiger charge is 2.17. The summed E-state index contributed by atoms with van der Waals surface area (Å²) in [7, 11) is 1.91. The first-order valence-corrected chi connectivity index (χ1v) is 5.85. The molecule has 1 atom stereocenters. The topological polar surface area (TPSA) is 44.1 Å². The van der Waals surface area contributed by atoms with E-state index in [1.807, 2.05) is 17.8 Å². The summed E-state index contributed by atoms with van der Waals surface area (Å²) in [6.07, 6.45) is 8.06. The lowest BCUT2D eigenvalue weighted by Gasteiger charge is -2.07. The molecule has 4 heteroatoms. The van der Waals surface area contributed by atoms with E-state index in [1.165, 1.54) is 0 Å². The smallest absolute Gasteiger partial charge is 0.140 e. The van der Waals surface area contributed by atoms with Crippen molar-refractivity contribution < 1.29 is 9.53 Å². The van der Waals surface area contributed by atoms with Crippen LogP contribution in [0.25, 0.3) is 0 Å². The fraction of sp³-hybridized carbons (Fsp3) is 0.667. The molecule has 0 saturated carbocycles. The second-order valence-corrected chi connectivity index (χ2v) is 4.34. The first-order valence-electron chi connectivity index (χ1n) is 5.85. The molecule has 0 bridgehead atoms. The summed E-state index contributed by atoms with van der Waals surface area (Å²) in [5.41, 5.74) is 0. The van der Waals surface area contributed by atoms with Crippen molar-refractivity contribution in [3.05, 3.63) is 18.2 Å². The molecule has 0 spiro atoms. The first kappa shape index (κ1) is 11.3. The van der Waals surface area contributed by atoms with Crippen molar-refractivity contribution in [2.45, 2.75) is 38.2 Å². The summed E-state index contributed by atoms with van der Waals surface area (Å²) in [6.45, 7) is 0.859. The van der Waals surface area contributed by atoms with Gasteiger partial charge in [-0.3, -0.25) is 4.79 Å². The van der Waals surface area contributed by atoms with Crippen LogP contribution in [-0.4, -0.2) is 28.0 Å². The fourth-order valence-corrected chi connectivity index (χ4v) is 2.03. The number of aryl methyl sites for hydroxylation is 1. The normalized spacial score (nSPS) is 20.2. The Morgan fingerprint density at radius 1 is 1.69 bits per heavy atom. The lowest BCUT2D eigenvalue weighted by Crippen LogP contribution is -2.12. The van der Waals surface area contributed by atoms with E-state index in [2.05, 4.69) is 4.98 Å². The number of imidazole rings is 1. The summed E-state index contributed by atoms with van der Waals surface area (Å²) in [6, 6.07) is 0. The molecule has 2 rings (SSSR count). The van der Waals surface area contributed by atoms with Crippen LogP contribution < -0.4 is 0 Å². The van der Waals surface area contributed by atoms with Gasteiger partial charge in [-0.05, 0) is 19.3 Å². The molecule has 1 aromatic heterocycles. The molecule has 0 radical (unpaired) electrons. The lowest BCUT2D eigenvalue weighted by molar-refractivity contribution is -0.119. The maximum atomic E-state index is 11.7. The molecule has 0 amide bonds. The standard InChI is InChI=1S/C12H18N2O2/c1-14-7-6-13-12(14)9-10(15)4-5-11-3-2-8-16-11/h6-7,11H,2-5,8-9H2,1H3. The third-order valence-corrected chi connectivity index (χ3v) is 3.05. The number of nitrogens with zero attached hydrogens (tertiary/aromatic N) is 2. The van der Waals surface area contributed by atoms with E-state index in [0.717, 1.165) is 31.7 Å². The maximum absolute atomic E-state index is 11.7. The average molecular weight is 222 g/mol. The first-order chi connectivity index (χ1) is 7.75. The summed E-state index contributed by atoms with van der Waals surface area (Å²) in [4.78, 5) is 15.9. The molecule has 2 heterocycles. The number of Topliss-reactive ketones (excluding diaryl/α,β-unsaturated/α-hetero) is 1. The monoisotopic (exact) mass is 222 g/mol. The van der Waals surface area contributed by atoms with Crippen molar-refractivity contribution in [3.8, 4) is 0 Å². The molecule has 0 N–H and O–H groups in total. The Kier molecular flexibility index (Phi) is 3.72. The van der Waals surface area contributed by atoms with E-state index >= 15 is 0 Å². The van der Waals surface area contributed by atoms with Crippen molar-refractivity contribution >= 4 is 5.78 Å². The van der Waals surface area contributed by atoms with E-state index in [4.69, 9.17) is 4.74 Å². The van der Waals surface area contributed by atoms with Crippen LogP contribution in [0.4, 0.5) is 0 Å². The molecule has 1 aliphatic rings.